The molecule has 3 heterocycles. The molecule has 8 nitrogen and oxygen atoms in total. The fourth-order valence-electron chi connectivity index (χ4n) is 3.21. The lowest BCUT2D eigenvalue weighted by atomic mass is 10.1. The van der Waals surface area contributed by atoms with E-state index in [2.05, 4.69) is 27.2 Å². The summed E-state index contributed by atoms with van der Waals surface area (Å²) in [5.74, 6) is -0.0137. The summed E-state index contributed by atoms with van der Waals surface area (Å²) in [4.78, 5) is 34.4. The molecule has 9 heteroatoms. The minimum Gasteiger partial charge on any atom is -0.507 e. The number of piperidine rings is 1. The Morgan fingerprint density at radius 3 is 2.79 bits per heavy atom. The Morgan fingerprint density at radius 2 is 2.07 bits per heavy atom. The lowest BCUT2D eigenvalue weighted by Gasteiger charge is -2.28. The van der Waals surface area contributed by atoms with Crippen molar-refractivity contribution in [2.45, 2.75) is 18.9 Å². The van der Waals surface area contributed by atoms with Crippen LogP contribution in [0.3, 0.4) is 0 Å². The highest BCUT2D eigenvalue weighted by Crippen LogP contribution is 2.31. The number of phenolic OH excluding ortho intramolecular Hbond substituents is 1. The van der Waals surface area contributed by atoms with E-state index in [1.54, 1.807) is 24.5 Å². The van der Waals surface area contributed by atoms with Crippen molar-refractivity contribution in [2.24, 2.45) is 0 Å². The third kappa shape index (κ3) is 4.57. The number of rotatable bonds is 4. The summed E-state index contributed by atoms with van der Waals surface area (Å²) >= 11 is 0.800. The minimum absolute atomic E-state index is 0.000637. The van der Waals surface area contributed by atoms with Gasteiger partial charge in [-0.15, -0.1) is 0 Å². The van der Waals surface area contributed by atoms with E-state index in [4.69, 9.17) is 4.74 Å². The number of phenols is 1. The number of likely N-dealkylation sites (tertiary alicyclic amines) is 1. The number of hydrogen-bond acceptors (Lipinski definition) is 8. The van der Waals surface area contributed by atoms with E-state index in [0.717, 1.165) is 37.7 Å². The number of hydrogen-bond donors (Lipinski definition) is 2. The largest absolute Gasteiger partial charge is 0.507 e. The van der Waals surface area contributed by atoms with Gasteiger partial charge in [0.25, 0.3) is 11.1 Å². The normalized spacial score (nSPS) is 19.6. The molecule has 0 saturated carbocycles. The number of ether oxygens (including phenoxy) is 1. The number of nitrogens with one attached hydrogen (secondary N) is 1. The molecule has 0 atom stereocenters. The summed E-state index contributed by atoms with van der Waals surface area (Å²) in [7, 11) is 2.10. The molecule has 2 aliphatic heterocycles. The molecule has 150 valence electrons. The molecular formula is C20H20N4O4S. The van der Waals surface area contributed by atoms with Crippen LogP contribution in [0.2, 0.25) is 0 Å². The summed E-state index contributed by atoms with van der Waals surface area (Å²) in [6, 6.07) is 4.93. The lowest BCUT2D eigenvalue weighted by molar-refractivity contribution is -0.115. The Morgan fingerprint density at radius 1 is 1.28 bits per heavy atom. The number of nitrogens with zero attached hydrogens (tertiary/aromatic N) is 3. The van der Waals surface area contributed by atoms with Crippen molar-refractivity contribution in [3.63, 3.8) is 0 Å². The standard InChI is InChI=1S/C20H20N4O4S/c1-24-6-4-14(5-7-24)28-18-11-21-10-15(22-18)12-2-3-16(25)13(8-12)9-17-19(26)23-20(27)29-17/h2-3,8-11,14,25H,4-7H2,1H3,(H,23,26,27). The molecule has 2 saturated heterocycles. The zero-order valence-corrected chi connectivity index (χ0v) is 16.6. The first kappa shape index (κ1) is 19.4. The fourth-order valence-corrected chi connectivity index (χ4v) is 3.88. The smallest absolute Gasteiger partial charge is 0.290 e. The van der Waals surface area contributed by atoms with E-state index >= 15 is 0 Å². The van der Waals surface area contributed by atoms with Gasteiger partial charge in [-0.1, -0.05) is 0 Å². The molecule has 0 bridgehead atoms. The summed E-state index contributed by atoms with van der Waals surface area (Å²) in [6.07, 6.45) is 6.69. The van der Waals surface area contributed by atoms with Crippen LogP contribution in [0.5, 0.6) is 11.6 Å². The third-order valence-corrected chi connectivity index (χ3v) is 5.63. The van der Waals surface area contributed by atoms with Crippen LogP contribution in [0, 0.1) is 0 Å². The van der Waals surface area contributed by atoms with Gasteiger partial charge in [-0.3, -0.25) is 19.9 Å². The van der Waals surface area contributed by atoms with Crippen LogP contribution in [-0.4, -0.2) is 57.4 Å². The van der Waals surface area contributed by atoms with E-state index in [0.29, 0.717) is 22.7 Å². The monoisotopic (exact) mass is 412 g/mol. The second-order valence-corrected chi connectivity index (χ2v) is 8.00. The molecule has 2 aromatic rings. The number of amides is 2. The second-order valence-electron chi connectivity index (χ2n) is 6.99. The molecule has 2 aliphatic rings. The van der Waals surface area contributed by atoms with Gasteiger partial charge in [0.05, 0.1) is 23.0 Å². The summed E-state index contributed by atoms with van der Waals surface area (Å²) < 4.78 is 6.00. The van der Waals surface area contributed by atoms with Crippen LogP contribution in [0.25, 0.3) is 17.3 Å². The number of carbonyl (C=O) groups excluding carboxylic acids is 2. The van der Waals surface area contributed by atoms with Gasteiger partial charge in [-0.25, -0.2) is 4.98 Å². The highest BCUT2D eigenvalue weighted by atomic mass is 32.2. The predicted octanol–water partition coefficient (Wildman–Crippen LogP) is 2.65. The van der Waals surface area contributed by atoms with Gasteiger partial charge in [-0.05, 0) is 55.9 Å². The van der Waals surface area contributed by atoms with Gasteiger partial charge in [0, 0.05) is 24.2 Å². The molecule has 2 amide bonds. The molecule has 0 spiro atoms. The quantitative estimate of drug-likeness (QED) is 0.739. The maximum absolute atomic E-state index is 11.8. The highest BCUT2D eigenvalue weighted by molar-refractivity contribution is 8.18. The number of benzene rings is 1. The summed E-state index contributed by atoms with van der Waals surface area (Å²) in [5.41, 5.74) is 1.72. The van der Waals surface area contributed by atoms with Crippen LogP contribution < -0.4 is 10.1 Å². The molecule has 0 unspecified atom stereocenters. The van der Waals surface area contributed by atoms with Crippen LogP contribution >= 0.6 is 11.8 Å². The lowest BCUT2D eigenvalue weighted by Crippen LogP contribution is -2.35. The number of imide groups is 1. The van der Waals surface area contributed by atoms with Crippen molar-refractivity contribution in [3.8, 4) is 22.9 Å². The SMILES string of the molecule is CN1CCC(Oc2cncc(-c3ccc(O)c(C=C4SC(=O)NC4=O)c3)n2)CC1. The van der Waals surface area contributed by atoms with Gasteiger partial charge in [0.2, 0.25) is 5.88 Å². The molecular weight excluding hydrogens is 392 g/mol. The molecule has 1 aromatic carbocycles. The van der Waals surface area contributed by atoms with Gasteiger partial charge in [-0.2, -0.15) is 0 Å². The van der Waals surface area contributed by atoms with Crippen LogP contribution in [-0.2, 0) is 4.79 Å². The number of thioether (sulfide) groups is 1. The van der Waals surface area contributed by atoms with Crippen molar-refractivity contribution < 1.29 is 19.4 Å². The minimum atomic E-state index is -0.474. The van der Waals surface area contributed by atoms with E-state index in [9.17, 15) is 14.7 Å². The van der Waals surface area contributed by atoms with Crippen molar-refractivity contribution in [1.82, 2.24) is 20.2 Å². The van der Waals surface area contributed by atoms with E-state index in [1.807, 2.05) is 0 Å². The molecule has 2 fully saturated rings. The third-order valence-electron chi connectivity index (χ3n) is 4.82. The number of aromatic hydroxyl groups is 1. The molecule has 4 rings (SSSR count). The van der Waals surface area contributed by atoms with Crippen LogP contribution in [0.15, 0.2) is 35.5 Å². The second kappa shape index (κ2) is 8.22. The highest BCUT2D eigenvalue weighted by Gasteiger charge is 2.25. The maximum Gasteiger partial charge on any atom is 0.290 e. The van der Waals surface area contributed by atoms with Crippen LogP contribution in [0.1, 0.15) is 18.4 Å². The molecule has 1 aromatic heterocycles. The first-order chi connectivity index (χ1) is 14.0. The molecule has 2 N–H and O–H groups in total. The number of carbonyl (C=O) groups is 2. The number of aromatic nitrogens is 2. The van der Waals surface area contributed by atoms with E-state index in [-0.39, 0.29) is 16.8 Å². The van der Waals surface area contributed by atoms with Crippen molar-refractivity contribution >= 4 is 29.0 Å². The summed E-state index contributed by atoms with van der Waals surface area (Å²) in [5, 5.41) is 11.9. The van der Waals surface area contributed by atoms with Gasteiger partial charge >= 0.3 is 0 Å². The van der Waals surface area contributed by atoms with Crippen molar-refractivity contribution in [1.29, 1.82) is 0 Å². The molecule has 0 radical (unpaired) electrons. The van der Waals surface area contributed by atoms with E-state index < -0.39 is 11.1 Å². The predicted molar refractivity (Wildman–Crippen MR) is 109 cm³/mol. The fraction of sp³-hybridized carbons (Fsp3) is 0.300. The van der Waals surface area contributed by atoms with Gasteiger partial charge in [0.1, 0.15) is 11.9 Å². The van der Waals surface area contributed by atoms with Gasteiger partial charge in [0.15, 0.2) is 0 Å². The van der Waals surface area contributed by atoms with E-state index in [1.165, 1.54) is 12.1 Å². The van der Waals surface area contributed by atoms with Crippen molar-refractivity contribution in [3.05, 3.63) is 41.1 Å². The topological polar surface area (TPSA) is 105 Å². The Kier molecular flexibility index (Phi) is 5.50. The Hall–Kier alpha value is -2.91. The Balaban J connectivity index is 1.56. The first-order valence-corrected chi connectivity index (χ1v) is 10.0. The zero-order valence-electron chi connectivity index (χ0n) is 15.8. The average Bonchev–Trinajstić information content (AvgIpc) is 3.02. The average molecular weight is 412 g/mol. The molecule has 29 heavy (non-hydrogen) atoms. The summed E-state index contributed by atoms with van der Waals surface area (Å²) in [6.45, 7) is 1.98. The Labute approximate surface area is 172 Å². The molecule has 0 aliphatic carbocycles. The van der Waals surface area contributed by atoms with Crippen molar-refractivity contribution in [2.75, 3.05) is 20.1 Å². The Bertz CT molecular complexity index is 986. The van der Waals surface area contributed by atoms with Gasteiger partial charge < -0.3 is 14.7 Å². The zero-order chi connectivity index (χ0) is 20.4. The van der Waals surface area contributed by atoms with Crippen LogP contribution in [0.4, 0.5) is 4.79 Å². The maximum atomic E-state index is 11.8. The first-order valence-electron chi connectivity index (χ1n) is 9.23.